The van der Waals surface area contributed by atoms with Gasteiger partial charge in [-0.2, -0.15) is 15.5 Å². The number of nitrogens with zero attached hydrogens (tertiary/aromatic N) is 3. The Labute approximate surface area is 104 Å². The van der Waals surface area contributed by atoms with Gasteiger partial charge in [-0.3, -0.25) is 0 Å². The highest BCUT2D eigenvalue weighted by atomic mass is 19.1. The summed E-state index contributed by atoms with van der Waals surface area (Å²) >= 11 is 0. The van der Waals surface area contributed by atoms with Gasteiger partial charge in [-0.05, 0) is 35.9 Å². The summed E-state index contributed by atoms with van der Waals surface area (Å²) in [6, 6.07) is 9.81. The summed E-state index contributed by atoms with van der Waals surface area (Å²) in [6.45, 7) is 0.937. The molecule has 1 heterocycles. The van der Waals surface area contributed by atoms with Gasteiger partial charge in [-0.1, -0.05) is 0 Å². The van der Waals surface area contributed by atoms with Crippen LogP contribution in [0.3, 0.4) is 0 Å². The Morgan fingerprint density at radius 3 is 2.89 bits per heavy atom. The second-order valence-corrected chi connectivity index (χ2v) is 3.73. The van der Waals surface area contributed by atoms with Crippen molar-refractivity contribution in [3.63, 3.8) is 0 Å². The van der Waals surface area contributed by atoms with Crippen molar-refractivity contribution in [2.24, 2.45) is 0 Å². The summed E-state index contributed by atoms with van der Waals surface area (Å²) in [4.78, 5) is 0. The normalized spacial score (nSPS) is 10.0. The third-order valence-corrected chi connectivity index (χ3v) is 2.44. The molecule has 0 spiro atoms. The molecule has 5 heteroatoms. The number of halogens is 1. The molecule has 1 N–H and O–H groups in total. The van der Waals surface area contributed by atoms with Gasteiger partial charge in [0.1, 0.15) is 5.82 Å². The summed E-state index contributed by atoms with van der Waals surface area (Å²) in [6.07, 6.45) is 1.60. The van der Waals surface area contributed by atoms with E-state index in [1.54, 1.807) is 12.3 Å². The van der Waals surface area contributed by atoms with Crippen molar-refractivity contribution in [3.05, 3.63) is 59.2 Å². The molecular weight excluding hydrogens is 231 g/mol. The zero-order chi connectivity index (χ0) is 12.8. The Hall–Kier alpha value is -2.32. The SMILES string of the molecule is N#Cc1ccc(F)cc1CNCc1cccnn1. The van der Waals surface area contributed by atoms with Gasteiger partial charge >= 0.3 is 0 Å². The molecule has 0 radical (unpaired) electrons. The largest absolute Gasteiger partial charge is 0.307 e. The van der Waals surface area contributed by atoms with Crippen molar-refractivity contribution in [1.29, 1.82) is 5.26 Å². The molecule has 2 rings (SSSR count). The topological polar surface area (TPSA) is 61.6 Å². The van der Waals surface area contributed by atoms with Gasteiger partial charge < -0.3 is 5.32 Å². The summed E-state index contributed by atoms with van der Waals surface area (Å²) in [7, 11) is 0. The van der Waals surface area contributed by atoms with E-state index in [9.17, 15) is 4.39 Å². The third-order valence-electron chi connectivity index (χ3n) is 2.44. The number of rotatable bonds is 4. The first-order valence-corrected chi connectivity index (χ1v) is 5.45. The maximum atomic E-state index is 13.1. The van der Waals surface area contributed by atoms with Gasteiger partial charge in [0, 0.05) is 19.3 Å². The molecule has 1 aromatic heterocycles. The van der Waals surface area contributed by atoms with Crippen LogP contribution < -0.4 is 5.32 Å². The molecule has 0 aliphatic carbocycles. The van der Waals surface area contributed by atoms with Gasteiger partial charge in [0.15, 0.2) is 0 Å². The minimum Gasteiger partial charge on any atom is -0.307 e. The van der Waals surface area contributed by atoms with Crippen LogP contribution in [0.1, 0.15) is 16.8 Å². The number of aromatic nitrogens is 2. The van der Waals surface area contributed by atoms with Crippen molar-refractivity contribution in [2.45, 2.75) is 13.1 Å². The zero-order valence-electron chi connectivity index (χ0n) is 9.60. The van der Waals surface area contributed by atoms with Crippen LogP contribution in [0.2, 0.25) is 0 Å². The Balaban J connectivity index is 1.98. The van der Waals surface area contributed by atoms with Crippen LogP contribution >= 0.6 is 0 Å². The van der Waals surface area contributed by atoms with E-state index in [2.05, 4.69) is 15.5 Å². The maximum absolute atomic E-state index is 13.1. The quantitative estimate of drug-likeness (QED) is 0.887. The number of hydrogen-bond donors (Lipinski definition) is 1. The number of nitriles is 1. The fourth-order valence-electron chi connectivity index (χ4n) is 1.57. The monoisotopic (exact) mass is 242 g/mol. The number of nitrogens with one attached hydrogen (secondary N) is 1. The number of benzene rings is 1. The molecule has 0 bridgehead atoms. The molecule has 0 atom stereocenters. The summed E-state index contributed by atoms with van der Waals surface area (Å²) < 4.78 is 13.1. The molecule has 0 aliphatic rings. The molecule has 0 saturated carbocycles. The smallest absolute Gasteiger partial charge is 0.123 e. The first-order chi connectivity index (χ1) is 8.79. The molecule has 2 aromatic rings. The van der Waals surface area contributed by atoms with Crippen molar-refractivity contribution < 1.29 is 4.39 Å². The van der Waals surface area contributed by atoms with E-state index in [-0.39, 0.29) is 5.82 Å². The van der Waals surface area contributed by atoms with Crippen LogP contribution in [0.25, 0.3) is 0 Å². The van der Waals surface area contributed by atoms with Crippen LogP contribution in [-0.4, -0.2) is 10.2 Å². The summed E-state index contributed by atoms with van der Waals surface area (Å²) in [5.41, 5.74) is 1.91. The summed E-state index contributed by atoms with van der Waals surface area (Å²) in [5, 5.41) is 19.7. The molecule has 0 saturated heterocycles. The molecule has 1 aromatic carbocycles. The van der Waals surface area contributed by atoms with Crippen LogP contribution in [0.15, 0.2) is 36.5 Å². The Morgan fingerprint density at radius 1 is 1.28 bits per heavy atom. The molecule has 4 nitrogen and oxygen atoms in total. The lowest BCUT2D eigenvalue weighted by atomic mass is 10.1. The van der Waals surface area contributed by atoms with Crippen molar-refractivity contribution in [1.82, 2.24) is 15.5 Å². The standard InChI is InChI=1S/C13H11FN4/c14-12-4-3-10(7-15)11(6-12)8-16-9-13-2-1-5-17-18-13/h1-6,16H,8-9H2. The van der Waals surface area contributed by atoms with Crippen LogP contribution in [0, 0.1) is 17.1 Å². The molecule has 0 fully saturated rings. The highest BCUT2D eigenvalue weighted by molar-refractivity contribution is 5.37. The first kappa shape index (κ1) is 12.1. The third kappa shape index (κ3) is 3.09. The Bertz CT molecular complexity index is 563. The number of hydrogen-bond acceptors (Lipinski definition) is 4. The van der Waals surface area contributed by atoms with Gasteiger partial charge in [0.25, 0.3) is 0 Å². The molecule has 0 aliphatic heterocycles. The van der Waals surface area contributed by atoms with Gasteiger partial charge in [0.05, 0.1) is 17.3 Å². The second kappa shape index (κ2) is 5.84. The minimum atomic E-state index is -0.342. The lowest BCUT2D eigenvalue weighted by Crippen LogP contribution is -2.15. The fourth-order valence-corrected chi connectivity index (χ4v) is 1.57. The van der Waals surface area contributed by atoms with Crippen LogP contribution in [-0.2, 0) is 13.1 Å². The molecule has 90 valence electrons. The maximum Gasteiger partial charge on any atom is 0.123 e. The molecule has 0 amide bonds. The highest BCUT2D eigenvalue weighted by Crippen LogP contribution is 2.10. The average Bonchev–Trinajstić information content (AvgIpc) is 2.40. The Morgan fingerprint density at radius 2 is 2.17 bits per heavy atom. The summed E-state index contributed by atoms with van der Waals surface area (Å²) in [5.74, 6) is -0.342. The van der Waals surface area contributed by atoms with Crippen LogP contribution in [0.4, 0.5) is 4.39 Å². The molecular formula is C13H11FN4. The zero-order valence-corrected chi connectivity index (χ0v) is 9.60. The second-order valence-electron chi connectivity index (χ2n) is 3.73. The van der Waals surface area contributed by atoms with Crippen molar-refractivity contribution in [3.8, 4) is 6.07 Å². The first-order valence-electron chi connectivity index (χ1n) is 5.45. The van der Waals surface area contributed by atoms with Crippen molar-refractivity contribution >= 4 is 0 Å². The molecule has 18 heavy (non-hydrogen) atoms. The van der Waals surface area contributed by atoms with Crippen molar-refractivity contribution in [2.75, 3.05) is 0 Å². The van der Waals surface area contributed by atoms with E-state index in [1.807, 2.05) is 12.1 Å². The van der Waals surface area contributed by atoms with E-state index < -0.39 is 0 Å². The lowest BCUT2D eigenvalue weighted by molar-refractivity contribution is 0.618. The molecule has 0 unspecified atom stereocenters. The van der Waals surface area contributed by atoms with E-state index >= 15 is 0 Å². The lowest BCUT2D eigenvalue weighted by Gasteiger charge is -2.06. The predicted octanol–water partition coefficient (Wildman–Crippen LogP) is 1.78. The van der Waals surface area contributed by atoms with Gasteiger partial charge in [-0.15, -0.1) is 0 Å². The van der Waals surface area contributed by atoms with Gasteiger partial charge in [0.2, 0.25) is 0 Å². The highest BCUT2D eigenvalue weighted by Gasteiger charge is 2.03. The van der Waals surface area contributed by atoms with E-state index in [1.165, 1.54) is 18.2 Å². The van der Waals surface area contributed by atoms with Crippen LogP contribution in [0.5, 0.6) is 0 Å². The van der Waals surface area contributed by atoms with E-state index in [4.69, 9.17) is 5.26 Å². The average molecular weight is 242 g/mol. The van der Waals surface area contributed by atoms with Gasteiger partial charge in [-0.25, -0.2) is 4.39 Å². The van der Waals surface area contributed by atoms with E-state index in [0.717, 1.165) is 5.69 Å². The van der Waals surface area contributed by atoms with E-state index in [0.29, 0.717) is 24.2 Å². The Kier molecular flexibility index (Phi) is 3.94. The minimum absolute atomic E-state index is 0.342. The predicted molar refractivity (Wildman–Crippen MR) is 63.7 cm³/mol. The fraction of sp³-hybridized carbons (Fsp3) is 0.154.